The largest absolute Gasteiger partial charge is 0.462 e. The molecule has 0 rings (SSSR count). The van der Waals surface area contributed by atoms with E-state index in [1.165, 1.54) is 231 Å². The number of ether oxygens (including phenoxy) is 1. The van der Waals surface area contributed by atoms with Crippen molar-refractivity contribution in [3.05, 3.63) is 12.2 Å². The summed E-state index contributed by atoms with van der Waals surface area (Å²) in [6, 6.07) is -0.701. The number of hydrogen-bond donors (Lipinski definition) is 3. The maximum Gasteiger partial charge on any atom is 0.306 e. The highest BCUT2D eigenvalue weighted by atomic mass is 16.5. The third-order valence-corrected chi connectivity index (χ3v) is 14.1. The fraction of sp³-hybridized carbons (Fsp3) is 0.933. The fourth-order valence-corrected chi connectivity index (χ4v) is 9.55. The molecule has 3 unspecified atom stereocenters. The molecule has 0 radical (unpaired) electrons. The Kier molecular flexibility index (Phi) is 53.4. The number of amides is 1. The Labute approximate surface area is 412 Å². The Bertz CT molecular complexity index is 1000. The number of hydrogen-bond acceptors (Lipinski definition) is 5. The van der Waals surface area contributed by atoms with Gasteiger partial charge in [0, 0.05) is 6.42 Å². The number of aliphatic hydroxyl groups is 2. The lowest BCUT2D eigenvalue weighted by molar-refractivity contribution is -0.151. The number of nitrogens with one attached hydrogen (secondary N) is 1. The average Bonchev–Trinajstić information content (AvgIpc) is 3.31. The molecule has 0 spiro atoms. The van der Waals surface area contributed by atoms with Gasteiger partial charge in [-0.3, -0.25) is 9.59 Å². The monoisotopic (exact) mass is 932 g/mol. The van der Waals surface area contributed by atoms with Gasteiger partial charge in [0.2, 0.25) is 5.91 Å². The van der Waals surface area contributed by atoms with Crippen molar-refractivity contribution in [3.8, 4) is 0 Å². The first-order valence-electron chi connectivity index (χ1n) is 29.9. The van der Waals surface area contributed by atoms with Gasteiger partial charge in [-0.15, -0.1) is 0 Å². The standard InChI is InChI=1S/C60H117NO5/c1-4-7-10-13-16-19-22-25-28-29-30-32-35-38-41-44-47-50-53-60(65)66-56(51-48-45-42-39-36-33-27-24-21-18-15-12-9-6-3)54-59(64)61-57(55-62)58(63)52-49-46-43-40-37-34-31-26-23-20-17-14-11-8-5-2/h33,36,56-58,62-63H,4-32,34-35,37-55H2,1-3H3,(H,61,64)/b36-33+. The first-order valence-corrected chi connectivity index (χ1v) is 29.9. The van der Waals surface area contributed by atoms with Gasteiger partial charge in [0.25, 0.3) is 0 Å². The van der Waals surface area contributed by atoms with E-state index in [1.54, 1.807) is 0 Å². The first kappa shape index (κ1) is 64.6. The zero-order valence-corrected chi connectivity index (χ0v) is 44.9. The van der Waals surface area contributed by atoms with Crippen LogP contribution in [0.2, 0.25) is 0 Å². The molecule has 0 fully saturated rings. The van der Waals surface area contributed by atoms with Crippen LogP contribution >= 0.6 is 0 Å². The molecule has 3 N–H and O–H groups in total. The van der Waals surface area contributed by atoms with E-state index in [4.69, 9.17) is 4.74 Å². The van der Waals surface area contributed by atoms with Gasteiger partial charge >= 0.3 is 5.97 Å². The maximum atomic E-state index is 13.3. The van der Waals surface area contributed by atoms with Crippen molar-refractivity contribution in [1.29, 1.82) is 0 Å². The lowest BCUT2D eigenvalue weighted by Gasteiger charge is -2.24. The molecule has 0 aliphatic rings. The van der Waals surface area contributed by atoms with Crippen molar-refractivity contribution in [2.75, 3.05) is 6.61 Å². The van der Waals surface area contributed by atoms with E-state index in [0.717, 1.165) is 57.8 Å². The normalized spacial score (nSPS) is 13.1. The van der Waals surface area contributed by atoms with Crippen LogP contribution < -0.4 is 5.32 Å². The second-order valence-corrected chi connectivity index (χ2v) is 20.8. The van der Waals surface area contributed by atoms with E-state index in [9.17, 15) is 19.8 Å². The summed E-state index contributed by atoms with van der Waals surface area (Å²) in [4.78, 5) is 26.3. The van der Waals surface area contributed by atoms with Gasteiger partial charge in [0.15, 0.2) is 0 Å². The van der Waals surface area contributed by atoms with Crippen molar-refractivity contribution in [3.63, 3.8) is 0 Å². The second kappa shape index (κ2) is 54.5. The molecule has 0 aliphatic heterocycles. The van der Waals surface area contributed by atoms with Gasteiger partial charge in [0.1, 0.15) is 6.10 Å². The Morgan fingerprint density at radius 2 is 0.727 bits per heavy atom. The highest BCUT2D eigenvalue weighted by Gasteiger charge is 2.24. The molecule has 6 heteroatoms. The third-order valence-electron chi connectivity index (χ3n) is 14.1. The molecule has 0 aromatic heterocycles. The summed E-state index contributed by atoms with van der Waals surface area (Å²) in [7, 11) is 0. The molecule has 0 saturated heterocycles. The van der Waals surface area contributed by atoms with Crippen LogP contribution in [-0.4, -0.2) is 46.9 Å². The molecule has 0 aromatic carbocycles. The quantitative estimate of drug-likeness (QED) is 0.0321. The van der Waals surface area contributed by atoms with E-state index in [2.05, 4.69) is 38.2 Å². The van der Waals surface area contributed by atoms with E-state index >= 15 is 0 Å². The number of unbranched alkanes of at least 4 members (excludes halogenated alkanes) is 41. The lowest BCUT2D eigenvalue weighted by atomic mass is 10.0. The van der Waals surface area contributed by atoms with E-state index < -0.39 is 18.2 Å². The predicted octanol–water partition coefficient (Wildman–Crippen LogP) is 18.5. The SMILES string of the molecule is CCCCCCCCC/C=C/CCCCCC(CC(=O)NC(CO)C(O)CCCCCCCCCCCCCCCCC)OC(=O)CCCCCCCCCCCCCCCCCCCC. The minimum atomic E-state index is -0.787. The number of carbonyl (C=O) groups excluding carboxylic acids is 2. The van der Waals surface area contributed by atoms with Gasteiger partial charge < -0.3 is 20.3 Å². The summed E-state index contributed by atoms with van der Waals surface area (Å²) in [5.74, 6) is -0.464. The molecule has 392 valence electrons. The molecule has 6 nitrogen and oxygen atoms in total. The van der Waals surface area contributed by atoms with E-state index in [-0.39, 0.29) is 24.9 Å². The van der Waals surface area contributed by atoms with Gasteiger partial charge in [-0.2, -0.15) is 0 Å². The number of carbonyl (C=O) groups is 2. The van der Waals surface area contributed by atoms with Crippen LogP contribution in [0.15, 0.2) is 12.2 Å². The zero-order chi connectivity index (χ0) is 48.1. The molecule has 0 heterocycles. The van der Waals surface area contributed by atoms with Crippen molar-refractivity contribution < 1.29 is 24.5 Å². The van der Waals surface area contributed by atoms with Gasteiger partial charge in [-0.1, -0.05) is 283 Å². The Balaban J connectivity index is 4.49. The molecule has 0 bridgehead atoms. The first-order chi connectivity index (χ1) is 32.5. The van der Waals surface area contributed by atoms with Gasteiger partial charge in [-0.25, -0.2) is 0 Å². The van der Waals surface area contributed by atoms with Crippen LogP contribution in [0, 0.1) is 0 Å². The number of aliphatic hydroxyl groups excluding tert-OH is 2. The minimum Gasteiger partial charge on any atom is -0.462 e. The van der Waals surface area contributed by atoms with Crippen molar-refractivity contribution in [2.45, 2.75) is 354 Å². The number of allylic oxidation sites excluding steroid dienone is 2. The molecule has 1 amide bonds. The van der Waals surface area contributed by atoms with Crippen LogP contribution in [0.3, 0.4) is 0 Å². The van der Waals surface area contributed by atoms with Crippen LogP contribution in [-0.2, 0) is 14.3 Å². The summed E-state index contributed by atoms with van der Waals surface area (Å²) in [6.07, 6.45) is 62.8. The van der Waals surface area contributed by atoms with Gasteiger partial charge in [-0.05, 0) is 51.4 Å². The maximum absolute atomic E-state index is 13.3. The Morgan fingerprint density at radius 3 is 1.09 bits per heavy atom. The highest BCUT2D eigenvalue weighted by molar-refractivity contribution is 5.77. The predicted molar refractivity (Wildman–Crippen MR) is 287 cm³/mol. The molecule has 0 aliphatic carbocycles. The zero-order valence-electron chi connectivity index (χ0n) is 44.9. The highest BCUT2D eigenvalue weighted by Crippen LogP contribution is 2.19. The van der Waals surface area contributed by atoms with E-state index in [0.29, 0.717) is 19.3 Å². The fourth-order valence-electron chi connectivity index (χ4n) is 9.55. The van der Waals surface area contributed by atoms with Crippen LogP contribution in [0.1, 0.15) is 335 Å². The van der Waals surface area contributed by atoms with Gasteiger partial charge in [0.05, 0.1) is 25.2 Å². The molecular weight excluding hydrogens is 815 g/mol. The number of esters is 1. The second-order valence-electron chi connectivity index (χ2n) is 20.8. The van der Waals surface area contributed by atoms with Crippen LogP contribution in [0.5, 0.6) is 0 Å². The minimum absolute atomic E-state index is 0.0748. The summed E-state index contributed by atoms with van der Waals surface area (Å²) >= 11 is 0. The Hall–Kier alpha value is -1.40. The smallest absolute Gasteiger partial charge is 0.306 e. The van der Waals surface area contributed by atoms with Crippen LogP contribution in [0.4, 0.5) is 0 Å². The molecular formula is C60H117NO5. The van der Waals surface area contributed by atoms with E-state index in [1.807, 2.05) is 0 Å². The molecule has 3 atom stereocenters. The van der Waals surface area contributed by atoms with Crippen molar-refractivity contribution in [2.24, 2.45) is 0 Å². The molecule has 0 saturated carbocycles. The average molecular weight is 933 g/mol. The topological polar surface area (TPSA) is 95.9 Å². The summed E-state index contributed by atoms with van der Waals surface area (Å²) in [5, 5.41) is 23.9. The van der Waals surface area contributed by atoms with Crippen molar-refractivity contribution >= 4 is 11.9 Å². The summed E-state index contributed by atoms with van der Waals surface area (Å²) in [6.45, 7) is 6.53. The van der Waals surface area contributed by atoms with Crippen molar-refractivity contribution in [1.82, 2.24) is 5.32 Å². The number of rotatable bonds is 55. The summed E-state index contributed by atoms with van der Waals surface area (Å²) < 4.78 is 5.97. The Morgan fingerprint density at radius 1 is 0.424 bits per heavy atom. The third kappa shape index (κ3) is 49.0. The summed E-state index contributed by atoms with van der Waals surface area (Å²) in [5.41, 5.74) is 0. The molecule has 0 aromatic rings. The lowest BCUT2D eigenvalue weighted by Crippen LogP contribution is -2.46. The van der Waals surface area contributed by atoms with Crippen LogP contribution in [0.25, 0.3) is 0 Å². The molecule has 66 heavy (non-hydrogen) atoms.